The fraction of sp³-hybridized carbons (Fsp3) is 0.923. The van der Waals surface area contributed by atoms with Gasteiger partial charge < -0.3 is 15.2 Å². The van der Waals surface area contributed by atoms with Crippen LogP contribution in [0.1, 0.15) is 32.1 Å². The molecule has 4 atom stereocenters. The van der Waals surface area contributed by atoms with Crippen molar-refractivity contribution in [3.05, 3.63) is 0 Å². The number of fused-ring (bicyclic) bond motifs is 2. The molecule has 3 aliphatic rings. The highest BCUT2D eigenvalue weighted by Crippen LogP contribution is 2.36. The van der Waals surface area contributed by atoms with Gasteiger partial charge >= 0.3 is 5.97 Å². The van der Waals surface area contributed by atoms with E-state index in [1.807, 2.05) is 0 Å². The van der Waals surface area contributed by atoms with E-state index in [2.05, 4.69) is 4.90 Å². The van der Waals surface area contributed by atoms with E-state index in [4.69, 9.17) is 15.2 Å². The van der Waals surface area contributed by atoms with E-state index in [1.165, 1.54) is 20.0 Å². The smallest absolute Gasteiger partial charge is 0.325 e. The minimum absolute atomic E-state index is 0.263. The van der Waals surface area contributed by atoms with Gasteiger partial charge in [-0.1, -0.05) is 0 Å². The number of morpholine rings is 1. The van der Waals surface area contributed by atoms with Gasteiger partial charge in [0.05, 0.1) is 19.3 Å². The lowest BCUT2D eigenvalue weighted by molar-refractivity contribution is -0.147. The van der Waals surface area contributed by atoms with Gasteiger partial charge in [-0.15, -0.1) is 0 Å². The first-order valence-electron chi connectivity index (χ1n) is 6.87. The number of carbonyl (C=O) groups is 1. The molecule has 0 aromatic heterocycles. The van der Waals surface area contributed by atoms with E-state index in [0.29, 0.717) is 18.2 Å². The van der Waals surface area contributed by atoms with Gasteiger partial charge in [-0.05, 0) is 32.1 Å². The van der Waals surface area contributed by atoms with Crippen LogP contribution in [0.2, 0.25) is 0 Å². The van der Waals surface area contributed by atoms with Crippen molar-refractivity contribution in [1.82, 2.24) is 4.90 Å². The first kappa shape index (κ1) is 12.4. The molecule has 2 aliphatic heterocycles. The maximum absolute atomic E-state index is 11.7. The lowest BCUT2D eigenvalue weighted by atomic mass is 9.99. The van der Waals surface area contributed by atoms with Gasteiger partial charge in [0.25, 0.3) is 0 Å². The normalized spacial score (nSPS) is 44.2. The Kier molecular flexibility index (Phi) is 3.08. The SMILES string of the molecule is COC(=O)C1(N)CCC(N2CC3CCC(C2)O3)C1. The van der Waals surface area contributed by atoms with Crippen LogP contribution in [0.5, 0.6) is 0 Å². The van der Waals surface area contributed by atoms with Crippen molar-refractivity contribution >= 4 is 5.97 Å². The number of carbonyl (C=O) groups excluding carboxylic acids is 1. The minimum atomic E-state index is -0.767. The molecule has 0 spiro atoms. The molecule has 0 aromatic rings. The molecule has 1 aliphatic carbocycles. The van der Waals surface area contributed by atoms with Gasteiger partial charge in [-0.3, -0.25) is 9.69 Å². The van der Waals surface area contributed by atoms with Gasteiger partial charge in [0.15, 0.2) is 0 Å². The molecule has 5 heteroatoms. The summed E-state index contributed by atoms with van der Waals surface area (Å²) in [4.78, 5) is 14.2. The summed E-state index contributed by atoms with van der Waals surface area (Å²) in [6.07, 6.45) is 5.60. The molecule has 5 nitrogen and oxygen atoms in total. The molecule has 2 N–H and O–H groups in total. The van der Waals surface area contributed by atoms with Crippen LogP contribution in [-0.4, -0.2) is 54.9 Å². The fourth-order valence-electron chi connectivity index (χ4n) is 3.69. The van der Waals surface area contributed by atoms with Crippen molar-refractivity contribution in [3.8, 4) is 0 Å². The number of nitrogens with zero attached hydrogens (tertiary/aromatic N) is 1. The summed E-state index contributed by atoms with van der Waals surface area (Å²) in [5.74, 6) is -0.263. The molecule has 2 heterocycles. The second-order valence-corrected chi connectivity index (χ2v) is 5.96. The highest BCUT2D eigenvalue weighted by Gasteiger charge is 2.47. The van der Waals surface area contributed by atoms with Gasteiger partial charge in [0.2, 0.25) is 0 Å². The van der Waals surface area contributed by atoms with Gasteiger partial charge in [0, 0.05) is 19.1 Å². The quantitative estimate of drug-likeness (QED) is 0.717. The monoisotopic (exact) mass is 254 g/mol. The molecule has 0 aromatic carbocycles. The highest BCUT2D eigenvalue weighted by atomic mass is 16.5. The predicted octanol–water partition coefficient (Wildman–Crippen LogP) is 0.273. The molecule has 0 radical (unpaired) electrons. The van der Waals surface area contributed by atoms with Crippen LogP contribution < -0.4 is 5.73 Å². The van der Waals surface area contributed by atoms with Gasteiger partial charge in [0.1, 0.15) is 5.54 Å². The number of likely N-dealkylation sites (tertiary alicyclic amines) is 1. The molecule has 1 saturated carbocycles. The van der Waals surface area contributed by atoms with Crippen LogP contribution in [0, 0.1) is 0 Å². The summed E-state index contributed by atoms with van der Waals surface area (Å²) >= 11 is 0. The molecule has 4 unspecified atom stereocenters. The van der Waals surface area contributed by atoms with Crippen molar-refractivity contribution < 1.29 is 14.3 Å². The lowest BCUT2D eigenvalue weighted by Crippen LogP contribution is -2.51. The first-order valence-corrected chi connectivity index (χ1v) is 6.87. The summed E-state index contributed by atoms with van der Waals surface area (Å²) in [6.45, 7) is 2.00. The summed E-state index contributed by atoms with van der Waals surface area (Å²) < 4.78 is 10.7. The Morgan fingerprint density at radius 1 is 1.33 bits per heavy atom. The van der Waals surface area contributed by atoms with E-state index < -0.39 is 5.54 Å². The van der Waals surface area contributed by atoms with E-state index in [9.17, 15) is 4.79 Å². The Balaban J connectivity index is 1.64. The lowest BCUT2D eigenvalue weighted by Gasteiger charge is -2.36. The molecule has 2 saturated heterocycles. The third-order valence-corrected chi connectivity index (χ3v) is 4.70. The van der Waals surface area contributed by atoms with Gasteiger partial charge in [-0.2, -0.15) is 0 Å². The molecule has 18 heavy (non-hydrogen) atoms. The number of hydrogen-bond acceptors (Lipinski definition) is 5. The van der Waals surface area contributed by atoms with Crippen LogP contribution in [0.25, 0.3) is 0 Å². The topological polar surface area (TPSA) is 64.8 Å². The standard InChI is InChI=1S/C13H22N2O3/c1-17-12(16)13(14)5-4-9(6-13)15-7-10-2-3-11(8-15)18-10/h9-11H,2-8,14H2,1H3. The van der Waals surface area contributed by atoms with Crippen LogP contribution in [0.4, 0.5) is 0 Å². The molecule has 102 valence electrons. The Bertz CT molecular complexity index is 337. The zero-order valence-electron chi connectivity index (χ0n) is 10.9. The van der Waals surface area contributed by atoms with Gasteiger partial charge in [-0.25, -0.2) is 0 Å². The Hall–Kier alpha value is -0.650. The fourth-order valence-corrected chi connectivity index (χ4v) is 3.69. The van der Waals surface area contributed by atoms with E-state index in [1.54, 1.807) is 0 Å². The maximum Gasteiger partial charge on any atom is 0.325 e. The molecule has 3 rings (SSSR count). The largest absolute Gasteiger partial charge is 0.468 e. The van der Waals surface area contributed by atoms with E-state index in [-0.39, 0.29) is 5.97 Å². The number of hydrogen-bond donors (Lipinski definition) is 1. The average molecular weight is 254 g/mol. The summed E-state index contributed by atoms with van der Waals surface area (Å²) in [5.41, 5.74) is 5.40. The van der Waals surface area contributed by atoms with Crippen molar-refractivity contribution in [2.24, 2.45) is 5.73 Å². The van der Waals surface area contributed by atoms with Crippen LogP contribution in [0.15, 0.2) is 0 Å². The molecular formula is C13H22N2O3. The van der Waals surface area contributed by atoms with E-state index in [0.717, 1.165) is 32.4 Å². The van der Waals surface area contributed by atoms with Crippen molar-refractivity contribution in [1.29, 1.82) is 0 Å². The third-order valence-electron chi connectivity index (χ3n) is 4.70. The van der Waals surface area contributed by atoms with Crippen LogP contribution in [-0.2, 0) is 14.3 Å². The van der Waals surface area contributed by atoms with Crippen LogP contribution in [0.3, 0.4) is 0 Å². The number of nitrogens with two attached hydrogens (primary N) is 1. The van der Waals surface area contributed by atoms with Crippen molar-refractivity contribution in [2.45, 2.75) is 55.9 Å². The van der Waals surface area contributed by atoms with Crippen LogP contribution >= 0.6 is 0 Å². The number of ether oxygens (including phenoxy) is 2. The molecule has 2 bridgehead atoms. The zero-order valence-corrected chi connectivity index (χ0v) is 10.9. The second-order valence-electron chi connectivity index (χ2n) is 5.96. The first-order chi connectivity index (χ1) is 8.60. The predicted molar refractivity (Wildman–Crippen MR) is 66.0 cm³/mol. The second kappa shape index (κ2) is 4.47. The molecular weight excluding hydrogens is 232 g/mol. The third kappa shape index (κ3) is 2.04. The Morgan fingerprint density at radius 2 is 2.00 bits per heavy atom. The number of methoxy groups -OCH3 is 1. The van der Waals surface area contributed by atoms with Crippen molar-refractivity contribution in [3.63, 3.8) is 0 Å². The minimum Gasteiger partial charge on any atom is -0.468 e. The molecule has 0 amide bonds. The number of rotatable bonds is 2. The maximum atomic E-state index is 11.7. The average Bonchev–Trinajstić information content (AvgIpc) is 2.93. The Morgan fingerprint density at radius 3 is 2.61 bits per heavy atom. The summed E-state index contributed by atoms with van der Waals surface area (Å²) in [6, 6.07) is 0.418. The van der Waals surface area contributed by atoms with E-state index >= 15 is 0 Å². The highest BCUT2D eigenvalue weighted by molar-refractivity contribution is 5.81. The number of esters is 1. The Labute approximate surface area is 108 Å². The summed E-state index contributed by atoms with van der Waals surface area (Å²) in [7, 11) is 1.42. The summed E-state index contributed by atoms with van der Waals surface area (Å²) in [5, 5.41) is 0. The van der Waals surface area contributed by atoms with Crippen molar-refractivity contribution in [2.75, 3.05) is 20.2 Å². The molecule has 3 fully saturated rings. The zero-order chi connectivity index (χ0) is 12.8.